The lowest BCUT2D eigenvalue weighted by Crippen LogP contribution is -1.95. The summed E-state index contributed by atoms with van der Waals surface area (Å²) in [6, 6.07) is 1.39. The maximum atomic E-state index is 12.2. The van der Waals surface area contributed by atoms with Gasteiger partial charge in [0.25, 0.3) is 6.43 Å². The molecular formula is C6H2BrF2I2N. The Morgan fingerprint density at radius 1 is 1.42 bits per heavy atom. The summed E-state index contributed by atoms with van der Waals surface area (Å²) in [6.07, 6.45) is -2.51. The minimum atomic E-state index is -2.51. The van der Waals surface area contributed by atoms with Crippen molar-refractivity contribution < 1.29 is 8.78 Å². The number of rotatable bonds is 1. The number of alkyl halides is 2. The van der Waals surface area contributed by atoms with E-state index in [1.165, 1.54) is 6.07 Å². The molecule has 0 unspecified atom stereocenters. The zero-order valence-corrected chi connectivity index (χ0v) is 11.4. The smallest absolute Gasteiger partial charge is 0.239 e. The van der Waals surface area contributed by atoms with Gasteiger partial charge in [-0.25, -0.2) is 13.8 Å². The van der Waals surface area contributed by atoms with Crippen molar-refractivity contribution in [3.8, 4) is 0 Å². The monoisotopic (exact) mass is 459 g/mol. The predicted octanol–water partition coefficient (Wildman–Crippen LogP) is 3.99. The zero-order valence-electron chi connectivity index (χ0n) is 5.49. The van der Waals surface area contributed by atoms with Crippen LogP contribution in [0.1, 0.15) is 12.1 Å². The largest absolute Gasteiger partial charge is 0.280 e. The molecule has 0 aliphatic rings. The van der Waals surface area contributed by atoms with Crippen LogP contribution in [-0.4, -0.2) is 4.98 Å². The third kappa shape index (κ3) is 2.47. The molecule has 1 aromatic heterocycles. The molecule has 0 atom stereocenters. The summed E-state index contributed by atoms with van der Waals surface area (Å²) in [4.78, 5) is 3.69. The number of hydrogen-bond donors (Lipinski definition) is 0. The molecule has 0 saturated heterocycles. The van der Waals surface area contributed by atoms with Crippen LogP contribution in [0.3, 0.4) is 0 Å². The minimum absolute atomic E-state index is 0.188. The fourth-order valence-corrected chi connectivity index (χ4v) is 2.24. The molecule has 0 radical (unpaired) electrons. The van der Waals surface area contributed by atoms with E-state index in [9.17, 15) is 8.78 Å². The van der Waals surface area contributed by atoms with Gasteiger partial charge in [-0.3, -0.25) is 0 Å². The minimum Gasteiger partial charge on any atom is -0.239 e. The fourth-order valence-electron chi connectivity index (χ4n) is 0.598. The zero-order chi connectivity index (χ0) is 9.30. The molecule has 0 aliphatic carbocycles. The quantitative estimate of drug-likeness (QED) is 0.457. The fraction of sp³-hybridized carbons (Fsp3) is 0.167. The Morgan fingerprint density at radius 2 is 2.00 bits per heavy atom. The van der Waals surface area contributed by atoms with Gasteiger partial charge < -0.3 is 0 Å². The summed E-state index contributed by atoms with van der Waals surface area (Å²) in [6.45, 7) is 0. The molecule has 0 fully saturated rings. The molecule has 0 bridgehead atoms. The van der Waals surface area contributed by atoms with Gasteiger partial charge >= 0.3 is 0 Å². The van der Waals surface area contributed by atoms with Crippen molar-refractivity contribution in [3.05, 3.63) is 23.5 Å². The van der Waals surface area contributed by atoms with Crippen LogP contribution in [0.2, 0.25) is 0 Å². The van der Waals surface area contributed by atoms with Crippen LogP contribution in [0, 0.1) is 7.14 Å². The molecule has 1 nitrogen and oxygen atoms in total. The Labute approximate surface area is 104 Å². The number of pyridine rings is 1. The first kappa shape index (κ1) is 11.0. The molecule has 0 N–H and O–H groups in total. The Kier molecular flexibility index (Phi) is 4.09. The lowest BCUT2D eigenvalue weighted by atomic mass is 10.4. The van der Waals surface area contributed by atoms with Crippen molar-refractivity contribution in [3.63, 3.8) is 0 Å². The van der Waals surface area contributed by atoms with E-state index in [2.05, 4.69) is 20.9 Å². The van der Waals surface area contributed by atoms with Gasteiger partial charge in [-0.05, 0) is 67.2 Å². The number of aromatic nitrogens is 1. The molecule has 0 aromatic carbocycles. The Morgan fingerprint density at radius 3 is 2.42 bits per heavy atom. The molecule has 12 heavy (non-hydrogen) atoms. The highest BCUT2D eigenvalue weighted by atomic mass is 127. The van der Waals surface area contributed by atoms with Gasteiger partial charge in [0.05, 0.1) is 3.57 Å². The van der Waals surface area contributed by atoms with Gasteiger partial charge in [0, 0.05) is 3.57 Å². The van der Waals surface area contributed by atoms with Crippen molar-refractivity contribution in [1.29, 1.82) is 0 Å². The summed E-state index contributed by atoms with van der Waals surface area (Å²) >= 11 is 7.15. The second-order valence-corrected chi connectivity index (χ2v) is 4.93. The van der Waals surface area contributed by atoms with Crippen LogP contribution < -0.4 is 0 Å². The molecule has 0 aliphatic heterocycles. The molecule has 0 saturated carbocycles. The van der Waals surface area contributed by atoms with Crippen LogP contribution in [0.25, 0.3) is 0 Å². The van der Waals surface area contributed by atoms with Crippen LogP contribution in [-0.2, 0) is 0 Å². The molecule has 0 spiro atoms. The maximum Gasteiger partial charge on any atom is 0.280 e. The summed E-state index contributed by atoms with van der Waals surface area (Å²) in [5, 5.41) is 0. The van der Waals surface area contributed by atoms with Crippen LogP contribution >= 0.6 is 61.1 Å². The number of hydrogen-bond acceptors (Lipinski definition) is 1. The molecular weight excluding hydrogens is 458 g/mol. The highest BCUT2D eigenvalue weighted by Gasteiger charge is 2.13. The van der Waals surface area contributed by atoms with E-state index in [-0.39, 0.29) is 5.69 Å². The van der Waals surface area contributed by atoms with E-state index < -0.39 is 6.43 Å². The van der Waals surface area contributed by atoms with Crippen molar-refractivity contribution in [2.75, 3.05) is 0 Å². The molecule has 0 amide bonds. The van der Waals surface area contributed by atoms with Gasteiger partial charge in [0.2, 0.25) is 0 Å². The van der Waals surface area contributed by atoms with E-state index >= 15 is 0 Å². The van der Waals surface area contributed by atoms with E-state index in [0.29, 0.717) is 4.60 Å². The molecule has 6 heteroatoms. The average Bonchev–Trinajstić information content (AvgIpc) is 1.99. The summed E-state index contributed by atoms with van der Waals surface area (Å²) in [7, 11) is 0. The van der Waals surface area contributed by atoms with E-state index in [0.717, 1.165) is 7.14 Å². The first-order chi connectivity index (χ1) is 5.52. The van der Waals surface area contributed by atoms with E-state index in [1.807, 2.05) is 45.2 Å². The predicted molar refractivity (Wildman–Crippen MR) is 62.3 cm³/mol. The molecule has 1 rings (SSSR count). The van der Waals surface area contributed by atoms with Crippen LogP contribution in [0.4, 0.5) is 8.78 Å². The normalized spacial score (nSPS) is 10.8. The molecule has 1 aromatic rings. The van der Waals surface area contributed by atoms with Crippen LogP contribution in [0.5, 0.6) is 0 Å². The first-order valence-electron chi connectivity index (χ1n) is 2.82. The maximum absolute atomic E-state index is 12.2. The average molecular weight is 460 g/mol. The van der Waals surface area contributed by atoms with Crippen molar-refractivity contribution in [1.82, 2.24) is 4.98 Å². The SMILES string of the molecule is FC(F)c1cc(I)c(I)c(Br)n1. The van der Waals surface area contributed by atoms with Gasteiger partial charge in [-0.15, -0.1) is 0 Å². The lowest BCUT2D eigenvalue weighted by Gasteiger charge is -2.03. The van der Waals surface area contributed by atoms with Gasteiger partial charge in [-0.2, -0.15) is 0 Å². The highest BCUT2D eigenvalue weighted by Crippen LogP contribution is 2.27. The Hall–Kier alpha value is 0.950. The topological polar surface area (TPSA) is 12.9 Å². The van der Waals surface area contributed by atoms with Gasteiger partial charge in [0.1, 0.15) is 10.3 Å². The molecule has 1 heterocycles. The number of nitrogens with zero attached hydrogens (tertiary/aromatic N) is 1. The second-order valence-electron chi connectivity index (χ2n) is 1.93. The first-order valence-corrected chi connectivity index (χ1v) is 5.77. The van der Waals surface area contributed by atoms with Crippen molar-refractivity contribution >= 4 is 61.1 Å². The highest BCUT2D eigenvalue weighted by molar-refractivity contribution is 14.1. The lowest BCUT2D eigenvalue weighted by molar-refractivity contribution is 0.145. The van der Waals surface area contributed by atoms with Crippen molar-refractivity contribution in [2.45, 2.75) is 6.43 Å². The summed E-state index contributed by atoms with van der Waals surface area (Å²) < 4.78 is 26.5. The van der Waals surface area contributed by atoms with Crippen molar-refractivity contribution in [2.24, 2.45) is 0 Å². The number of halogens is 5. The van der Waals surface area contributed by atoms with Gasteiger partial charge in [0.15, 0.2) is 0 Å². The van der Waals surface area contributed by atoms with Gasteiger partial charge in [-0.1, -0.05) is 0 Å². The third-order valence-electron chi connectivity index (χ3n) is 1.12. The molecule has 66 valence electrons. The summed E-state index contributed by atoms with van der Waals surface area (Å²) in [5.74, 6) is 0. The van der Waals surface area contributed by atoms with E-state index in [1.54, 1.807) is 0 Å². The second kappa shape index (κ2) is 4.45. The Bertz CT molecular complexity index is 283. The Balaban J connectivity index is 3.21. The third-order valence-corrected chi connectivity index (χ3v) is 5.41. The van der Waals surface area contributed by atoms with Crippen LogP contribution in [0.15, 0.2) is 10.7 Å². The standard InChI is InChI=1S/C6H2BrF2I2N/c7-5-4(11)2(10)1-3(12-5)6(8)9/h1,6H. The van der Waals surface area contributed by atoms with E-state index in [4.69, 9.17) is 0 Å². The summed E-state index contributed by atoms with van der Waals surface area (Å²) in [5.41, 5.74) is -0.188.